The number of rotatable bonds is 7. The number of sulfonamides is 1. The van der Waals surface area contributed by atoms with Gasteiger partial charge in [-0.25, -0.2) is 27.7 Å². The summed E-state index contributed by atoms with van der Waals surface area (Å²) in [7, 11) is -0.875. The van der Waals surface area contributed by atoms with Crippen LogP contribution in [0, 0.1) is 0 Å². The Hall–Kier alpha value is -3.67. The van der Waals surface area contributed by atoms with E-state index >= 15 is 0 Å². The first kappa shape index (κ1) is 22.5. The third kappa shape index (κ3) is 4.46. The molecule has 4 rings (SSSR count). The Morgan fingerprint density at radius 2 is 1.79 bits per heavy atom. The number of aromatic nitrogens is 4. The molecular weight excluding hydrogens is 442 g/mol. The molecule has 0 aliphatic heterocycles. The largest absolute Gasteiger partial charge is 0.395 e. The number of hydrogen-bond donors (Lipinski definition) is 3. The fourth-order valence-electron chi connectivity index (χ4n) is 3.30. The number of anilines is 2. The Morgan fingerprint density at radius 3 is 2.48 bits per heavy atom. The third-order valence-corrected chi connectivity index (χ3v) is 6.86. The van der Waals surface area contributed by atoms with E-state index in [1.807, 2.05) is 30.3 Å². The predicted molar refractivity (Wildman–Crippen MR) is 127 cm³/mol. The maximum absolute atomic E-state index is 12.7. The minimum Gasteiger partial charge on any atom is -0.395 e. The number of nitrogens with two attached hydrogens (primary N) is 1. The first-order valence-electron chi connectivity index (χ1n) is 10.1. The number of aliphatic hydroxyl groups is 1. The number of hydrogen-bond acceptors (Lipinski definition) is 9. The molecule has 0 saturated carbocycles. The molecule has 4 N–H and O–H groups in total. The minimum atomic E-state index is -3.76. The molecule has 11 heteroatoms. The summed E-state index contributed by atoms with van der Waals surface area (Å²) >= 11 is 0. The van der Waals surface area contributed by atoms with E-state index in [2.05, 4.69) is 25.3 Å². The van der Waals surface area contributed by atoms with E-state index in [1.54, 1.807) is 12.4 Å². The maximum atomic E-state index is 12.7. The highest BCUT2D eigenvalue weighted by Gasteiger charge is 2.22. The summed E-state index contributed by atoms with van der Waals surface area (Å²) in [5.41, 5.74) is 9.40. The van der Waals surface area contributed by atoms with Crippen LogP contribution in [0.25, 0.3) is 33.3 Å². The molecule has 10 nitrogen and oxygen atoms in total. The van der Waals surface area contributed by atoms with Gasteiger partial charge in [0.25, 0.3) is 0 Å². The summed E-state index contributed by atoms with van der Waals surface area (Å²) in [6.07, 6.45) is 4.89. The lowest BCUT2D eigenvalue weighted by molar-refractivity contribution is 0.311. The molecule has 0 amide bonds. The summed E-state index contributed by atoms with van der Waals surface area (Å²) in [5, 5.41) is 12.9. The molecule has 1 aromatic carbocycles. The normalized spacial score (nSPS) is 11.8. The Kier molecular flexibility index (Phi) is 6.18. The van der Waals surface area contributed by atoms with Gasteiger partial charge in [-0.05, 0) is 35.9 Å². The Bertz CT molecular complexity index is 1410. The molecule has 0 unspecified atom stereocenters. The fourth-order valence-corrected chi connectivity index (χ4v) is 4.29. The molecule has 0 fully saturated rings. The smallest absolute Gasteiger partial charge is 0.246 e. The topological polar surface area (TPSA) is 147 Å². The van der Waals surface area contributed by atoms with E-state index < -0.39 is 10.0 Å². The van der Waals surface area contributed by atoms with Crippen LogP contribution in [0.4, 0.5) is 11.8 Å². The van der Waals surface area contributed by atoms with Gasteiger partial charge in [-0.3, -0.25) is 4.98 Å². The van der Waals surface area contributed by atoms with Gasteiger partial charge in [-0.1, -0.05) is 6.07 Å². The number of pyridine rings is 2. The molecule has 0 aliphatic rings. The van der Waals surface area contributed by atoms with Crippen LogP contribution in [0.1, 0.15) is 0 Å². The zero-order valence-electron chi connectivity index (χ0n) is 18.1. The summed E-state index contributed by atoms with van der Waals surface area (Å²) in [6, 6.07) is 10.8. The number of aliphatic hydroxyl groups excluding tert-OH is 1. The van der Waals surface area contributed by atoms with Gasteiger partial charge in [-0.2, -0.15) is 0 Å². The molecule has 0 bridgehead atoms. The van der Waals surface area contributed by atoms with E-state index in [0.717, 1.165) is 20.8 Å². The van der Waals surface area contributed by atoms with Crippen LogP contribution >= 0.6 is 0 Å². The van der Waals surface area contributed by atoms with Crippen molar-refractivity contribution in [1.29, 1.82) is 0 Å². The van der Waals surface area contributed by atoms with Crippen molar-refractivity contribution in [3.8, 4) is 22.4 Å². The number of nitrogen functional groups attached to an aromatic ring is 1. The maximum Gasteiger partial charge on any atom is 0.246 e. The molecule has 3 heterocycles. The lowest BCUT2D eigenvalue weighted by atomic mass is 10.0. The van der Waals surface area contributed by atoms with Crippen LogP contribution in [-0.2, 0) is 10.0 Å². The molecule has 170 valence electrons. The second-order valence-corrected chi connectivity index (χ2v) is 9.53. The SMILES string of the molecule is CN(C)S(=O)(=O)c1cc(-c2ccc3nc(NCCO)nc(-c4ccncc4)c3c2)cnc1N. The van der Waals surface area contributed by atoms with Gasteiger partial charge in [-0.15, -0.1) is 0 Å². The van der Waals surface area contributed by atoms with Gasteiger partial charge in [0, 0.05) is 55.7 Å². The molecule has 0 spiro atoms. The number of nitrogens with zero attached hydrogens (tertiary/aromatic N) is 5. The number of fused-ring (bicyclic) bond motifs is 1. The van der Waals surface area contributed by atoms with E-state index in [9.17, 15) is 8.42 Å². The minimum absolute atomic E-state index is 0.0484. The molecule has 0 aliphatic carbocycles. The van der Waals surface area contributed by atoms with Crippen molar-refractivity contribution in [2.24, 2.45) is 0 Å². The van der Waals surface area contributed by atoms with Crippen LogP contribution in [0.3, 0.4) is 0 Å². The highest BCUT2D eigenvalue weighted by Crippen LogP contribution is 2.32. The average Bonchev–Trinajstić information content (AvgIpc) is 2.82. The van der Waals surface area contributed by atoms with Crippen molar-refractivity contribution in [3.05, 3.63) is 55.0 Å². The average molecular weight is 466 g/mol. The van der Waals surface area contributed by atoms with E-state index in [4.69, 9.17) is 10.8 Å². The van der Waals surface area contributed by atoms with Gasteiger partial charge in [0.15, 0.2) is 0 Å². The number of benzene rings is 1. The van der Waals surface area contributed by atoms with Gasteiger partial charge in [0.05, 0.1) is 17.8 Å². The van der Waals surface area contributed by atoms with E-state index in [0.29, 0.717) is 29.3 Å². The molecule has 0 atom stereocenters. The monoisotopic (exact) mass is 465 g/mol. The first-order chi connectivity index (χ1) is 15.8. The quantitative estimate of drug-likeness (QED) is 0.373. The van der Waals surface area contributed by atoms with Crippen LogP contribution < -0.4 is 11.1 Å². The Labute approximate surface area is 191 Å². The fraction of sp³-hybridized carbons (Fsp3) is 0.182. The van der Waals surface area contributed by atoms with Gasteiger partial charge in [0.2, 0.25) is 16.0 Å². The van der Waals surface area contributed by atoms with Crippen molar-refractivity contribution in [2.75, 3.05) is 38.3 Å². The van der Waals surface area contributed by atoms with Crippen LogP contribution in [0.2, 0.25) is 0 Å². The Morgan fingerprint density at radius 1 is 1.03 bits per heavy atom. The van der Waals surface area contributed by atoms with Crippen molar-refractivity contribution in [3.63, 3.8) is 0 Å². The second kappa shape index (κ2) is 9.06. The highest BCUT2D eigenvalue weighted by atomic mass is 32.2. The Balaban J connectivity index is 1.90. The summed E-state index contributed by atoms with van der Waals surface area (Å²) < 4.78 is 26.4. The van der Waals surface area contributed by atoms with Gasteiger partial charge >= 0.3 is 0 Å². The van der Waals surface area contributed by atoms with Gasteiger partial charge in [0.1, 0.15) is 10.7 Å². The second-order valence-electron chi connectivity index (χ2n) is 7.41. The van der Waals surface area contributed by atoms with Crippen molar-refractivity contribution >= 4 is 32.7 Å². The summed E-state index contributed by atoms with van der Waals surface area (Å²) in [6.45, 7) is 0.271. The van der Waals surface area contributed by atoms with Crippen LogP contribution in [0.5, 0.6) is 0 Å². The first-order valence-corrected chi connectivity index (χ1v) is 11.5. The van der Waals surface area contributed by atoms with Crippen molar-refractivity contribution in [1.82, 2.24) is 24.2 Å². The molecule has 0 saturated heterocycles. The van der Waals surface area contributed by atoms with Crippen molar-refractivity contribution in [2.45, 2.75) is 4.90 Å². The third-order valence-electron chi connectivity index (χ3n) is 5.02. The van der Waals surface area contributed by atoms with Crippen molar-refractivity contribution < 1.29 is 13.5 Å². The summed E-state index contributed by atoms with van der Waals surface area (Å²) in [4.78, 5) is 17.3. The zero-order valence-corrected chi connectivity index (χ0v) is 18.9. The molecule has 33 heavy (non-hydrogen) atoms. The predicted octanol–water partition coefficient (Wildman–Crippen LogP) is 1.99. The molecule has 3 aromatic heterocycles. The zero-order chi connectivity index (χ0) is 23.6. The summed E-state index contributed by atoms with van der Waals surface area (Å²) in [5.74, 6) is 0.332. The standard InChI is InChI=1S/C22H23N7O3S/c1-29(2)33(31,32)19-12-16(13-26-21(19)23)15-3-4-18-17(11-15)20(14-5-7-24-8-6-14)28-22(27-18)25-9-10-30/h3-8,11-13,30H,9-10H2,1-2H3,(H2,23,26)(H,25,27,28). The van der Waals surface area contributed by atoms with E-state index in [-0.39, 0.29) is 17.3 Å². The number of nitrogens with one attached hydrogen (secondary N) is 1. The molecular formula is C22H23N7O3S. The highest BCUT2D eigenvalue weighted by molar-refractivity contribution is 7.89. The van der Waals surface area contributed by atoms with Crippen LogP contribution in [-0.4, -0.2) is 65.0 Å². The lowest BCUT2D eigenvalue weighted by Gasteiger charge is -2.14. The van der Waals surface area contributed by atoms with E-state index in [1.165, 1.54) is 26.4 Å². The lowest BCUT2D eigenvalue weighted by Crippen LogP contribution is -2.23. The molecule has 4 aromatic rings. The molecule has 0 radical (unpaired) electrons. The van der Waals surface area contributed by atoms with Crippen LogP contribution in [0.15, 0.2) is 59.9 Å². The van der Waals surface area contributed by atoms with Gasteiger partial charge < -0.3 is 16.2 Å².